The van der Waals surface area contributed by atoms with Crippen molar-refractivity contribution < 1.29 is 0 Å². The molecular weight excluding hydrogens is 244 g/mol. The molecule has 0 spiro atoms. The lowest BCUT2D eigenvalue weighted by Gasteiger charge is -2.39. The molecule has 0 bridgehead atoms. The monoisotopic (exact) mass is 274 g/mol. The average molecular weight is 274 g/mol. The molecule has 0 saturated carbocycles. The van der Waals surface area contributed by atoms with Gasteiger partial charge in [0, 0.05) is 18.6 Å². The maximum Gasteiger partial charge on any atom is 0.0473 e. The summed E-state index contributed by atoms with van der Waals surface area (Å²) in [5.41, 5.74) is 8.89. The Labute approximate surface area is 124 Å². The van der Waals surface area contributed by atoms with Gasteiger partial charge in [-0.05, 0) is 49.8 Å². The van der Waals surface area contributed by atoms with Gasteiger partial charge in [0.15, 0.2) is 0 Å². The number of nitrogens with two attached hydrogens (primary N) is 1. The Morgan fingerprint density at radius 1 is 1.20 bits per heavy atom. The van der Waals surface area contributed by atoms with Crippen LogP contribution in [0.3, 0.4) is 0 Å². The van der Waals surface area contributed by atoms with Gasteiger partial charge in [-0.25, -0.2) is 0 Å². The molecule has 2 unspecified atom stereocenters. The van der Waals surface area contributed by atoms with Crippen LogP contribution in [0.4, 0.5) is 0 Å². The SMILES string of the molecule is CC(C)Cc1ccc(C(CN)N2CCCCC2C)cc1. The largest absolute Gasteiger partial charge is 0.329 e. The summed E-state index contributed by atoms with van der Waals surface area (Å²) in [5.74, 6) is 0.716. The van der Waals surface area contributed by atoms with Crippen LogP contribution in [-0.2, 0) is 6.42 Å². The van der Waals surface area contributed by atoms with Gasteiger partial charge in [-0.3, -0.25) is 4.90 Å². The van der Waals surface area contributed by atoms with E-state index in [9.17, 15) is 0 Å². The van der Waals surface area contributed by atoms with Crippen LogP contribution in [0.1, 0.15) is 57.2 Å². The van der Waals surface area contributed by atoms with E-state index in [1.807, 2.05) is 0 Å². The molecule has 1 aromatic carbocycles. The maximum atomic E-state index is 6.07. The van der Waals surface area contributed by atoms with Crippen molar-refractivity contribution in [1.29, 1.82) is 0 Å². The van der Waals surface area contributed by atoms with E-state index in [2.05, 4.69) is 49.9 Å². The first-order valence-electron chi connectivity index (χ1n) is 8.16. The number of likely N-dealkylation sites (tertiary alicyclic amines) is 1. The molecular formula is C18H30N2. The molecule has 0 aliphatic carbocycles. The minimum atomic E-state index is 0.387. The molecule has 1 fully saturated rings. The van der Waals surface area contributed by atoms with E-state index < -0.39 is 0 Å². The summed E-state index contributed by atoms with van der Waals surface area (Å²) < 4.78 is 0. The molecule has 0 aromatic heterocycles. The minimum Gasteiger partial charge on any atom is -0.329 e. The highest BCUT2D eigenvalue weighted by molar-refractivity contribution is 5.26. The molecule has 2 nitrogen and oxygen atoms in total. The molecule has 0 radical (unpaired) electrons. The van der Waals surface area contributed by atoms with Crippen molar-refractivity contribution in [3.05, 3.63) is 35.4 Å². The van der Waals surface area contributed by atoms with Crippen molar-refractivity contribution in [1.82, 2.24) is 4.90 Å². The number of hydrogen-bond acceptors (Lipinski definition) is 2. The average Bonchev–Trinajstić information content (AvgIpc) is 2.43. The fourth-order valence-corrected chi connectivity index (χ4v) is 3.39. The molecule has 1 aliphatic rings. The van der Waals surface area contributed by atoms with Gasteiger partial charge in [-0.15, -0.1) is 0 Å². The molecule has 1 saturated heterocycles. The first-order valence-corrected chi connectivity index (χ1v) is 8.16. The third-order valence-electron chi connectivity index (χ3n) is 4.49. The van der Waals surface area contributed by atoms with Crippen LogP contribution in [0.2, 0.25) is 0 Å². The lowest BCUT2D eigenvalue weighted by atomic mass is 9.95. The fourth-order valence-electron chi connectivity index (χ4n) is 3.39. The van der Waals surface area contributed by atoms with Gasteiger partial charge >= 0.3 is 0 Å². The summed E-state index contributed by atoms with van der Waals surface area (Å²) in [6.45, 7) is 8.79. The van der Waals surface area contributed by atoms with Gasteiger partial charge in [0.25, 0.3) is 0 Å². The molecule has 0 amide bonds. The minimum absolute atomic E-state index is 0.387. The third kappa shape index (κ3) is 3.83. The second-order valence-electron chi connectivity index (χ2n) is 6.67. The van der Waals surface area contributed by atoms with E-state index in [0.717, 1.165) is 6.42 Å². The van der Waals surface area contributed by atoms with Gasteiger partial charge in [0.2, 0.25) is 0 Å². The van der Waals surface area contributed by atoms with Crippen molar-refractivity contribution in [3.8, 4) is 0 Å². The Kier molecular flexibility index (Phi) is 5.62. The summed E-state index contributed by atoms with van der Waals surface area (Å²) in [6.07, 6.45) is 5.14. The molecule has 2 atom stereocenters. The zero-order valence-corrected chi connectivity index (χ0v) is 13.3. The zero-order chi connectivity index (χ0) is 14.5. The molecule has 2 heteroatoms. The van der Waals surface area contributed by atoms with Gasteiger partial charge in [0.05, 0.1) is 0 Å². The summed E-state index contributed by atoms with van der Waals surface area (Å²) in [6, 6.07) is 10.2. The first kappa shape index (κ1) is 15.5. The van der Waals surface area contributed by atoms with E-state index >= 15 is 0 Å². The van der Waals surface area contributed by atoms with Gasteiger partial charge in [-0.2, -0.15) is 0 Å². The van der Waals surface area contributed by atoms with Gasteiger partial charge in [-0.1, -0.05) is 44.5 Å². The molecule has 112 valence electrons. The Morgan fingerprint density at radius 2 is 1.90 bits per heavy atom. The molecule has 1 aromatic rings. The Morgan fingerprint density at radius 3 is 2.45 bits per heavy atom. The predicted octanol–water partition coefficient (Wildman–Crippen LogP) is 3.76. The smallest absolute Gasteiger partial charge is 0.0473 e. The van der Waals surface area contributed by atoms with Crippen LogP contribution >= 0.6 is 0 Å². The van der Waals surface area contributed by atoms with Crippen LogP contribution in [-0.4, -0.2) is 24.0 Å². The van der Waals surface area contributed by atoms with E-state index in [1.165, 1.54) is 36.9 Å². The lowest BCUT2D eigenvalue weighted by molar-refractivity contribution is 0.109. The molecule has 2 rings (SSSR count). The van der Waals surface area contributed by atoms with E-state index in [1.54, 1.807) is 0 Å². The third-order valence-corrected chi connectivity index (χ3v) is 4.49. The van der Waals surface area contributed by atoms with Crippen molar-refractivity contribution in [2.24, 2.45) is 11.7 Å². The van der Waals surface area contributed by atoms with Crippen LogP contribution in [0, 0.1) is 5.92 Å². The van der Waals surface area contributed by atoms with Crippen LogP contribution in [0.15, 0.2) is 24.3 Å². The molecule has 1 aliphatic heterocycles. The second-order valence-corrected chi connectivity index (χ2v) is 6.67. The van der Waals surface area contributed by atoms with Crippen LogP contribution < -0.4 is 5.73 Å². The van der Waals surface area contributed by atoms with E-state index in [4.69, 9.17) is 5.73 Å². The Bertz CT molecular complexity index is 396. The summed E-state index contributed by atoms with van der Waals surface area (Å²) in [7, 11) is 0. The zero-order valence-electron chi connectivity index (χ0n) is 13.3. The van der Waals surface area contributed by atoms with Crippen LogP contribution in [0.5, 0.6) is 0 Å². The predicted molar refractivity (Wildman–Crippen MR) is 86.8 cm³/mol. The van der Waals surface area contributed by atoms with E-state index in [0.29, 0.717) is 24.5 Å². The van der Waals surface area contributed by atoms with Gasteiger partial charge in [0.1, 0.15) is 0 Å². The summed E-state index contributed by atoms with van der Waals surface area (Å²) in [5, 5.41) is 0. The highest BCUT2D eigenvalue weighted by Crippen LogP contribution is 2.28. The standard InChI is InChI=1S/C18H30N2/c1-14(2)12-16-7-9-17(10-8-16)18(13-19)20-11-5-4-6-15(20)3/h7-10,14-15,18H,4-6,11-13,19H2,1-3H3. The highest BCUT2D eigenvalue weighted by Gasteiger charge is 2.26. The Hall–Kier alpha value is -0.860. The number of benzene rings is 1. The fraction of sp³-hybridized carbons (Fsp3) is 0.667. The topological polar surface area (TPSA) is 29.3 Å². The van der Waals surface area contributed by atoms with Crippen molar-refractivity contribution in [2.75, 3.05) is 13.1 Å². The van der Waals surface area contributed by atoms with Gasteiger partial charge < -0.3 is 5.73 Å². The maximum absolute atomic E-state index is 6.07. The molecule has 2 N–H and O–H groups in total. The lowest BCUT2D eigenvalue weighted by Crippen LogP contribution is -2.43. The first-order chi connectivity index (χ1) is 9.61. The van der Waals surface area contributed by atoms with Crippen molar-refractivity contribution in [3.63, 3.8) is 0 Å². The van der Waals surface area contributed by atoms with Crippen LogP contribution in [0.25, 0.3) is 0 Å². The molecule has 20 heavy (non-hydrogen) atoms. The normalized spacial score (nSPS) is 22.1. The van der Waals surface area contributed by atoms with E-state index in [-0.39, 0.29) is 0 Å². The van der Waals surface area contributed by atoms with Crippen molar-refractivity contribution in [2.45, 2.75) is 58.5 Å². The number of nitrogens with zero attached hydrogens (tertiary/aromatic N) is 1. The molecule has 1 heterocycles. The second kappa shape index (κ2) is 7.24. The van der Waals surface area contributed by atoms with Crippen molar-refractivity contribution >= 4 is 0 Å². The quantitative estimate of drug-likeness (QED) is 0.886. The summed E-state index contributed by atoms with van der Waals surface area (Å²) >= 11 is 0. The number of hydrogen-bond donors (Lipinski definition) is 1. The highest BCUT2D eigenvalue weighted by atomic mass is 15.2. The summed E-state index contributed by atoms with van der Waals surface area (Å²) in [4.78, 5) is 2.60. The number of rotatable bonds is 5. The Balaban J connectivity index is 2.10. The number of piperidine rings is 1.